The van der Waals surface area contributed by atoms with Gasteiger partial charge in [-0.05, 0) is 75.6 Å². The maximum absolute atomic E-state index is 14.2. The molecule has 0 saturated carbocycles. The first-order valence-corrected chi connectivity index (χ1v) is 21.3. The Morgan fingerprint density at radius 1 is 0.230 bits per heavy atom. The van der Waals surface area contributed by atoms with Crippen LogP contribution in [-0.2, 0) is 69.5 Å². The molecule has 409 valence electrons. The molecule has 0 atom stereocenters. The summed E-state index contributed by atoms with van der Waals surface area (Å²) in [6.07, 6.45) is -26.8. The van der Waals surface area contributed by atoms with Gasteiger partial charge in [-0.2, -0.15) is 127 Å². The minimum atomic E-state index is -6.13. The Morgan fingerprint density at radius 3 is 0.486 bits per heavy atom. The van der Waals surface area contributed by atoms with E-state index in [4.69, 9.17) is 0 Å². The second kappa shape index (κ2) is 23.8. The molecular weight excluding hydrogens is 1240 g/mol. The summed E-state index contributed by atoms with van der Waals surface area (Å²) in [7, 11) is 0. The molecule has 0 saturated heterocycles. The molecule has 26 heteroatoms. The molecule has 4 aromatic rings. The monoisotopic (exact) mass is 1270 g/mol. The van der Waals surface area contributed by atoms with E-state index in [0.29, 0.717) is 0 Å². The van der Waals surface area contributed by atoms with Gasteiger partial charge in [0.25, 0.3) is 0 Å². The number of hydrogen-bond acceptors (Lipinski definition) is 0. The van der Waals surface area contributed by atoms with Crippen molar-refractivity contribution in [2.75, 3.05) is 0 Å². The van der Waals surface area contributed by atoms with Gasteiger partial charge < -0.3 is 0 Å². The van der Waals surface area contributed by atoms with Crippen molar-refractivity contribution in [3.05, 3.63) is 166 Å². The molecule has 1 radical (unpaired) electrons. The number of hydrogen-bond donors (Lipinski definition) is 0. The number of halogens is 24. The van der Waals surface area contributed by atoms with Gasteiger partial charge in [-0.3, -0.25) is 0 Å². The largest absolute Gasteiger partial charge is 0.416 e. The Bertz CT molecular complexity index is 2140. The maximum Gasteiger partial charge on any atom is 0.416 e. The molecule has 0 aliphatic heterocycles. The second-order valence-corrected chi connectivity index (χ2v) is 16.5. The minimum absolute atomic E-state index is 0. The van der Waals surface area contributed by atoms with Crippen molar-refractivity contribution in [3.8, 4) is 0 Å². The maximum atomic E-state index is 14.2. The Kier molecular flexibility index (Phi) is 20.3. The van der Waals surface area contributed by atoms with Gasteiger partial charge >= 0.3 is 49.4 Å². The Morgan fingerprint density at radius 2 is 0.365 bits per heavy atom. The second-order valence-electron chi connectivity index (χ2n) is 16.5. The smallest absolute Gasteiger partial charge is 0.194 e. The van der Waals surface area contributed by atoms with Gasteiger partial charge in [-0.1, -0.05) is 97.1 Å². The van der Waals surface area contributed by atoms with Crippen LogP contribution < -0.4 is 21.9 Å². The molecular formula is C48H36BF24Ir-. The van der Waals surface area contributed by atoms with E-state index in [2.05, 4.69) is 48.6 Å². The van der Waals surface area contributed by atoms with Gasteiger partial charge in [0.2, 0.25) is 0 Å². The summed E-state index contributed by atoms with van der Waals surface area (Å²) < 4.78 is 341. The number of alkyl halides is 24. The van der Waals surface area contributed by atoms with Crippen molar-refractivity contribution < 1.29 is 125 Å². The fraction of sp³-hybridized carbons (Fsp3) is 0.333. The van der Waals surface area contributed by atoms with E-state index >= 15 is 0 Å². The first-order chi connectivity index (χ1) is 33.3. The predicted molar refractivity (Wildman–Crippen MR) is 224 cm³/mol. The molecule has 0 unspecified atom stereocenters. The van der Waals surface area contributed by atoms with Crippen LogP contribution in [0.15, 0.2) is 121 Å². The van der Waals surface area contributed by atoms with Gasteiger partial charge in [0.1, 0.15) is 6.15 Å². The van der Waals surface area contributed by atoms with E-state index in [9.17, 15) is 105 Å². The number of benzene rings is 4. The van der Waals surface area contributed by atoms with Gasteiger partial charge in [0.15, 0.2) is 0 Å². The predicted octanol–water partition coefficient (Wildman–Crippen LogP) is 16.6. The van der Waals surface area contributed by atoms with E-state index < -0.39 is 195 Å². The zero-order chi connectivity index (χ0) is 55.2. The van der Waals surface area contributed by atoms with Crippen molar-refractivity contribution in [1.82, 2.24) is 0 Å². The number of rotatable bonds is 4. The fourth-order valence-electron chi connectivity index (χ4n) is 7.82. The van der Waals surface area contributed by atoms with Gasteiger partial charge in [-0.25, -0.2) is 0 Å². The quantitative estimate of drug-likeness (QED) is 0.141. The Hall–Kier alpha value is -5.13. The molecule has 2 aliphatic carbocycles. The molecule has 74 heavy (non-hydrogen) atoms. The molecule has 0 nitrogen and oxygen atoms in total. The molecule has 0 spiro atoms. The third-order valence-electron chi connectivity index (χ3n) is 11.2. The zero-order valence-corrected chi connectivity index (χ0v) is 39.6. The average Bonchev–Trinajstić information content (AvgIpc) is 3.21. The van der Waals surface area contributed by atoms with E-state index in [1.54, 1.807) is 0 Å². The van der Waals surface area contributed by atoms with E-state index in [1.807, 2.05) is 0 Å². The van der Waals surface area contributed by atoms with E-state index in [0.717, 1.165) is 0 Å². The van der Waals surface area contributed by atoms with Crippen LogP contribution in [0.2, 0.25) is 0 Å². The van der Waals surface area contributed by atoms with Crippen LogP contribution in [0.4, 0.5) is 105 Å². The standard InChI is InChI=1S/C32H12BF24.2C8H12.Ir/c34-25(35,36)13-1-14(26(37,38)39)6-21(5-13)33(22-7-15(27(40,41)42)2-16(8-22)28(43,44)45,23-9-17(29(46,47)48)3-18(10-23)30(49,50)51)24-11-19(31(52,53)54)4-20(12-24)32(55,56)57;2*1-2-4-6-8-7-5-3-1;/h1-12H;2*1-4H,5-8H2;/q-1;;;/b;2*3-1-,4-2?;. The molecule has 6 rings (SSSR count). The molecule has 2 aliphatic rings. The molecule has 4 aromatic carbocycles. The third-order valence-corrected chi connectivity index (χ3v) is 11.2. The fourth-order valence-corrected chi connectivity index (χ4v) is 7.82. The molecule has 0 amide bonds. The third kappa shape index (κ3) is 16.9. The van der Waals surface area contributed by atoms with Crippen molar-refractivity contribution in [3.63, 3.8) is 0 Å². The van der Waals surface area contributed by atoms with Crippen LogP contribution >= 0.6 is 0 Å². The normalized spacial score (nSPS) is 16.2. The first-order valence-electron chi connectivity index (χ1n) is 21.3. The van der Waals surface area contributed by atoms with Gasteiger partial charge in [-0.15, -0.1) is 0 Å². The summed E-state index contributed by atoms with van der Waals surface area (Å²) in [5, 5.41) is 0. The number of allylic oxidation sites excluding steroid dienone is 8. The van der Waals surface area contributed by atoms with Crippen molar-refractivity contribution in [1.29, 1.82) is 0 Å². The van der Waals surface area contributed by atoms with Crippen LogP contribution in [0.5, 0.6) is 0 Å². The molecule has 0 bridgehead atoms. The molecule has 0 fully saturated rings. The molecule has 0 heterocycles. The SMILES string of the molecule is C1=CCCCC/C=C\1.C1=CCCCC/C=C\1.FC(F)(F)c1cc([B-](c2cc(C(F)(F)F)cc(C(F)(F)F)c2)(c2cc(C(F)(F)F)cc(C(F)(F)F)c2)c2cc(C(F)(F)F)cc(C(F)(F)F)c2)cc(C(F)(F)F)c1.[Ir]. The topological polar surface area (TPSA) is 0 Å². The minimum Gasteiger partial charge on any atom is -0.194 e. The van der Waals surface area contributed by atoms with E-state index in [1.165, 1.54) is 51.4 Å². The van der Waals surface area contributed by atoms with Crippen LogP contribution in [0.25, 0.3) is 0 Å². The van der Waals surface area contributed by atoms with Crippen molar-refractivity contribution >= 4 is 28.0 Å². The average molecular weight is 1270 g/mol. The summed E-state index contributed by atoms with van der Waals surface area (Å²) in [5.41, 5.74) is -30.2. The molecule has 0 N–H and O–H groups in total. The van der Waals surface area contributed by atoms with Gasteiger partial charge in [0, 0.05) is 20.1 Å². The summed E-state index contributed by atoms with van der Waals surface area (Å²) in [5.74, 6) is 0. The van der Waals surface area contributed by atoms with Crippen LogP contribution in [0.1, 0.15) is 95.9 Å². The van der Waals surface area contributed by atoms with Crippen LogP contribution in [-0.4, -0.2) is 6.15 Å². The summed E-state index contributed by atoms with van der Waals surface area (Å²) >= 11 is 0. The van der Waals surface area contributed by atoms with E-state index in [-0.39, 0.29) is 20.1 Å². The van der Waals surface area contributed by atoms with Crippen molar-refractivity contribution in [2.24, 2.45) is 0 Å². The molecule has 0 aromatic heterocycles. The van der Waals surface area contributed by atoms with Crippen LogP contribution in [0, 0.1) is 0 Å². The van der Waals surface area contributed by atoms with Crippen molar-refractivity contribution in [2.45, 2.75) is 101 Å². The van der Waals surface area contributed by atoms with Crippen LogP contribution in [0.3, 0.4) is 0 Å². The Labute approximate surface area is 419 Å². The summed E-state index contributed by atoms with van der Waals surface area (Å²) in [6.45, 7) is 0. The summed E-state index contributed by atoms with van der Waals surface area (Å²) in [4.78, 5) is 0. The summed E-state index contributed by atoms with van der Waals surface area (Å²) in [6, 6.07) is -8.81. The first kappa shape index (κ1) is 63.2. The zero-order valence-electron chi connectivity index (χ0n) is 37.2. The Balaban J connectivity index is 0.000000717. The van der Waals surface area contributed by atoms with Gasteiger partial charge in [0.05, 0.1) is 44.5 Å².